The maximum atomic E-state index is 3.89. The van der Waals surface area contributed by atoms with Crippen molar-refractivity contribution in [1.29, 1.82) is 0 Å². The van der Waals surface area contributed by atoms with Crippen molar-refractivity contribution in [2.45, 2.75) is 25.7 Å². The number of hydrogen-bond acceptors (Lipinski definition) is 2. The summed E-state index contributed by atoms with van der Waals surface area (Å²) in [4.78, 5) is 2.55. The topological polar surface area (TPSA) is 15.3 Å². The highest BCUT2D eigenvalue weighted by atomic mass is 15.1. The van der Waals surface area contributed by atoms with E-state index in [-0.39, 0.29) is 0 Å². The summed E-state index contributed by atoms with van der Waals surface area (Å²) < 4.78 is 0. The number of allylic oxidation sites excluding steroid dienone is 1. The van der Waals surface area contributed by atoms with Gasteiger partial charge in [0.05, 0.1) is 0 Å². The second-order valence-corrected chi connectivity index (χ2v) is 4.26. The first-order valence-electron chi connectivity index (χ1n) is 6.06. The number of rotatable bonds is 7. The van der Waals surface area contributed by atoms with Crippen LogP contribution in [0, 0.1) is 0 Å². The molecule has 0 amide bonds. The van der Waals surface area contributed by atoms with E-state index < -0.39 is 0 Å². The highest BCUT2D eigenvalue weighted by Crippen LogP contribution is 2.07. The molecule has 0 radical (unpaired) electrons. The van der Waals surface area contributed by atoms with Crippen LogP contribution in [0.2, 0.25) is 0 Å². The van der Waals surface area contributed by atoms with Gasteiger partial charge in [0.15, 0.2) is 0 Å². The Labute approximate surface area is 94.0 Å². The van der Waals surface area contributed by atoms with E-state index in [1.54, 1.807) is 0 Å². The first kappa shape index (κ1) is 12.5. The van der Waals surface area contributed by atoms with Gasteiger partial charge in [0.1, 0.15) is 0 Å². The van der Waals surface area contributed by atoms with Crippen molar-refractivity contribution in [2.75, 3.05) is 32.7 Å². The summed E-state index contributed by atoms with van der Waals surface area (Å²) in [6.45, 7) is 13.5. The highest BCUT2D eigenvalue weighted by Gasteiger charge is 2.08. The van der Waals surface area contributed by atoms with Crippen LogP contribution in [-0.4, -0.2) is 37.6 Å². The van der Waals surface area contributed by atoms with Crippen LogP contribution in [0.1, 0.15) is 25.7 Å². The van der Waals surface area contributed by atoms with Gasteiger partial charge in [-0.15, -0.1) is 0 Å². The van der Waals surface area contributed by atoms with Crippen molar-refractivity contribution in [3.8, 4) is 0 Å². The zero-order valence-electron chi connectivity index (χ0n) is 9.80. The van der Waals surface area contributed by atoms with E-state index in [0.717, 1.165) is 25.1 Å². The van der Waals surface area contributed by atoms with Crippen LogP contribution in [-0.2, 0) is 0 Å². The molecule has 0 spiro atoms. The van der Waals surface area contributed by atoms with Crippen molar-refractivity contribution in [1.82, 2.24) is 10.2 Å². The van der Waals surface area contributed by atoms with Crippen molar-refractivity contribution in [3.63, 3.8) is 0 Å². The average Bonchev–Trinajstić information content (AvgIpc) is 2.29. The minimum Gasteiger partial charge on any atom is -0.315 e. The Bertz CT molecular complexity index is 193. The Morgan fingerprint density at radius 1 is 1.20 bits per heavy atom. The van der Waals surface area contributed by atoms with E-state index in [1.165, 1.54) is 38.9 Å². The quantitative estimate of drug-likeness (QED) is 0.509. The monoisotopic (exact) mass is 208 g/mol. The van der Waals surface area contributed by atoms with E-state index in [1.807, 2.05) is 6.08 Å². The van der Waals surface area contributed by atoms with Crippen LogP contribution in [0.5, 0.6) is 0 Å². The van der Waals surface area contributed by atoms with Gasteiger partial charge in [-0.3, -0.25) is 0 Å². The van der Waals surface area contributed by atoms with Crippen LogP contribution in [0.4, 0.5) is 0 Å². The third-order valence-electron chi connectivity index (χ3n) is 2.97. The van der Waals surface area contributed by atoms with E-state index in [9.17, 15) is 0 Å². The first-order chi connectivity index (χ1) is 7.33. The molecule has 15 heavy (non-hydrogen) atoms. The lowest BCUT2D eigenvalue weighted by Gasteiger charge is -2.26. The number of nitrogens with one attached hydrogen (secondary N) is 1. The predicted molar refractivity (Wildman–Crippen MR) is 67.1 cm³/mol. The van der Waals surface area contributed by atoms with Gasteiger partial charge in [-0.1, -0.05) is 31.2 Å². The van der Waals surface area contributed by atoms with Crippen LogP contribution in [0.3, 0.4) is 0 Å². The largest absolute Gasteiger partial charge is 0.315 e. The lowest BCUT2D eigenvalue weighted by molar-refractivity contribution is 0.229. The molecule has 0 bridgehead atoms. The Morgan fingerprint density at radius 2 is 1.93 bits per heavy atom. The summed E-state index contributed by atoms with van der Waals surface area (Å²) in [5.41, 5.74) is 1.13. The maximum absolute atomic E-state index is 3.89. The fourth-order valence-electron chi connectivity index (χ4n) is 1.90. The van der Waals surface area contributed by atoms with Crippen molar-refractivity contribution in [2.24, 2.45) is 0 Å². The Balaban J connectivity index is 1.91. The van der Waals surface area contributed by atoms with Crippen molar-refractivity contribution >= 4 is 0 Å². The van der Waals surface area contributed by atoms with E-state index in [2.05, 4.69) is 23.4 Å². The van der Waals surface area contributed by atoms with E-state index in [4.69, 9.17) is 0 Å². The van der Waals surface area contributed by atoms with Gasteiger partial charge in [-0.25, -0.2) is 0 Å². The van der Waals surface area contributed by atoms with Gasteiger partial charge < -0.3 is 10.2 Å². The highest BCUT2D eigenvalue weighted by molar-refractivity contribution is 5.10. The van der Waals surface area contributed by atoms with Gasteiger partial charge in [-0.2, -0.15) is 0 Å². The third kappa shape index (κ3) is 5.75. The molecule has 1 saturated heterocycles. The Kier molecular flexibility index (Phi) is 6.37. The summed E-state index contributed by atoms with van der Waals surface area (Å²) in [6, 6.07) is 0. The molecule has 0 aromatic carbocycles. The Hall–Kier alpha value is -0.600. The zero-order chi connectivity index (χ0) is 10.9. The van der Waals surface area contributed by atoms with Gasteiger partial charge in [-0.05, 0) is 38.9 Å². The SMILES string of the molecule is C=CC(=C)CCNCCN1CCCCC1. The molecule has 1 rings (SSSR count). The molecule has 1 aliphatic rings. The molecular weight excluding hydrogens is 184 g/mol. The lowest BCUT2D eigenvalue weighted by Crippen LogP contribution is -2.36. The molecule has 0 aromatic heterocycles. The van der Waals surface area contributed by atoms with Gasteiger partial charge in [0.25, 0.3) is 0 Å². The standard InChI is InChI=1S/C13H24N2/c1-3-13(2)7-8-14-9-12-15-10-5-4-6-11-15/h3,14H,1-2,4-12H2. The van der Waals surface area contributed by atoms with E-state index in [0.29, 0.717) is 0 Å². The summed E-state index contributed by atoms with van der Waals surface area (Å²) >= 11 is 0. The van der Waals surface area contributed by atoms with Gasteiger partial charge >= 0.3 is 0 Å². The smallest absolute Gasteiger partial charge is 0.0107 e. The minimum atomic E-state index is 1.02. The number of hydrogen-bond donors (Lipinski definition) is 1. The predicted octanol–water partition coefficient (Wildman–Crippen LogP) is 2.19. The summed E-state index contributed by atoms with van der Waals surface area (Å²) in [5, 5.41) is 3.45. The van der Waals surface area contributed by atoms with Crippen LogP contribution in [0.15, 0.2) is 24.8 Å². The molecular formula is C13H24N2. The number of piperidine rings is 1. The first-order valence-corrected chi connectivity index (χ1v) is 6.06. The third-order valence-corrected chi connectivity index (χ3v) is 2.97. The summed E-state index contributed by atoms with van der Waals surface area (Å²) in [5.74, 6) is 0. The number of nitrogens with zero attached hydrogens (tertiary/aromatic N) is 1. The zero-order valence-corrected chi connectivity index (χ0v) is 9.80. The minimum absolute atomic E-state index is 1.02. The molecule has 0 aliphatic carbocycles. The van der Waals surface area contributed by atoms with Crippen LogP contribution >= 0.6 is 0 Å². The van der Waals surface area contributed by atoms with Gasteiger partial charge in [0, 0.05) is 13.1 Å². The van der Waals surface area contributed by atoms with Crippen molar-refractivity contribution < 1.29 is 0 Å². The normalized spacial score (nSPS) is 17.6. The Morgan fingerprint density at radius 3 is 2.60 bits per heavy atom. The molecule has 86 valence electrons. The molecule has 0 aromatic rings. The molecule has 1 N–H and O–H groups in total. The maximum Gasteiger partial charge on any atom is 0.0107 e. The van der Waals surface area contributed by atoms with E-state index >= 15 is 0 Å². The molecule has 1 fully saturated rings. The summed E-state index contributed by atoms with van der Waals surface area (Å²) in [6.07, 6.45) is 7.04. The molecule has 0 saturated carbocycles. The fraction of sp³-hybridized carbons (Fsp3) is 0.692. The number of likely N-dealkylation sites (tertiary alicyclic amines) is 1. The van der Waals surface area contributed by atoms with Gasteiger partial charge in [0.2, 0.25) is 0 Å². The second kappa shape index (κ2) is 7.66. The summed E-state index contributed by atoms with van der Waals surface area (Å²) in [7, 11) is 0. The molecule has 2 heteroatoms. The second-order valence-electron chi connectivity index (χ2n) is 4.26. The molecule has 1 aliphatic heterocycles. The molecule has 0 unspecified atom stereocenters. The molecule has 2 nitrogen and oxygen atoms in total. The van der Waals surface area contributed by atoms with Crippen LogP contribution < -0.4 is 5.32 Å². The molecule has 0 atom stereocenters. The average molecular weight is 208 g/mol. The molecule has 1 heterocycles. The fourth-order valence-corrected chi connectivity index (χ4v) is 1.90. The lowest BCUT2D eigenvalue weighted by atomic mass is 10.1. The van der Waals surface area contributed by atoms with Crippen molar-refractivity contribution in [3.05, 3.63) is 24.8 Å². The van der Waals surface area contributed by atoms with Crippen LogP contribution in [0.25, 0.3) is 0 Å².